The Morgan fingerprint density at radius 1 is 1.48 bits per heavy atom. The van der Waals surface area contributed by atoms with Crippen LogP contribution in [0.4, 0.5) is 4.39 Å². The molecule has 0 aliphatic carbocycles. The van der Waals surface area contributed by atoms with Crippen LogP contribution in [0.2, 0.25) is 0 Å². The van der Waals surface area contributed by atoms with Crippen molar-refractivity contribution in [3.8, 4) is 0 Å². The lowest BCUT2D eigenvalue weighted by Crippen LogP contribution is -2.09. The summed E-state index contributed by atoms with van der Waals surface area (Å²) in [5.74, 6) is 0.751. The quantitative estimate of drug-likeness (QED) is 0.582. The molecule has 0 bridgehead atoms. The molecule has 2 aromatic rings. The van der Waals surface area contributed by atoms with Gasteiger partial charge < -0.3 is 9.30 Å². The Balaban J connectivity index is 2.16. The van der Waals surface area contributed by atoms with Crippen LogP contribution in [0.25, 0.3) is 11.0 Å². The van der Waals surface area contributed by atoms with Crippen molar-refractivity contribution in [3.05, 3.63) is 29.8 Å². The molecule has 0 unspecified atom stereocenters. The number of hydrogen-bond acceptors (Lipinski definition) is 3. The van der Waals surface area contributed by atoms with Crippen LogP contribution in [0.3, 0.4) is 0 Å². The van der Waals surface area contributed by atoms with E-state index < -0.39 is 0 Å². The van der Waals surface area contributed by atoms with Crippen LogP contribution in [0, 0.1) is 5.82 Å². The van der Waals surface area contributed by atoms with Gasteiger partial charge in [-0.3, -0.25) is 4.79 Å². The largest absolute Gasteiger partial charge is 0.466 e. The third-order valence-electron chi connectivity index (χ3n) is 3.18. The van der Waals surface area contributed by atoms with E-state index >= 15 is 0 Å². The average molecular weight is 313 g/mol. The van der Waals surface area contributed by atoms with Crippen LogP contribution < -0.4 is 0 Å². The first-order valence-corrected chi connectivity index (χ1v) is 7.55. The molecule has 0 amide bonds. The van der Waals surface area contributed by atoms with Gasteiger partial charge in [-0.15, -0.1) is 11.6 Å². The number of nitrogens with zero attached hydrogens (tertiary/aromatic N) is 2. The zero-order valence-corrected chi connectivity index (χ0v) is 12.7. The molecule has 0 fully saturated rings. The fourth-order valence-corrected chi connectivity index (χ4v) is 2.46. The molecule has 0 aliphatic rings. The first-order valence-electron chi connectivity index (χ1n) is 7.02. The molecule has 6 heteroatoms. The second-order valence-corrected chi connectivity index (χ2v) is 5.04. The van der Waals surface area contributed by atoms with E-state index in [1.807, 2.05) is 4.57 Å². The predicted molar refractivity (Wildman–Crippen MR) is 80.0 cm³/mol. The second-order valence-electron chi connectivity index (χ2n) is 4.66. The summed E-state index contributed by atoms with van der Waals surface area (Å²) in [7, 11) is 0. The van der Waals surface area contributed by atoms with Crippen LogP contribution in [0.1, 0.15) is 25.6 Å². The molecular weight excluding hydrogens is 295 g/mol. The lowest BCUT2D eigenvalue weighted by atomic mass is 10.2. The van der Waals surface area contributed by atoms with Crippen LogP contribution in [-0.4, -0.2) is 28.0 Å². The number of esters is 1. The molecule has 114 valence electrons. The van der Waals surface area contributed by atoms with Gasteiger partial charge in [0.1, 0.15) is 11.6 Å². The fraction of sp³-hybridized carbons (Fsp3) is 0.467. The van der Waals surface area contributed by atoms with Gasteiger partial charge in [0.15, 0.2) is 0 Å². The van der Waals surface area contributed by atoms with E-state index in [1.165, 1.54) is 12.1 Å². The Morgan fingerprint density at radius 2 is 2.29 bits per heavy atom. The summed E-state index contributed by atoms with van der Waals surface area (Å²) < 4.78 is 20.2. The number of aryl methyl sites for hydroxylation is 2. The maximum Gasteiger partial charge on any atom is 0.305 e. The maximum atomic E-state index is 13.3. The van der Waals surface area contributed by atoms with Crippen molar-refractivity contribution in [3.63, 3.8) is 0 Å². The molecule has 0 N–H and O–H groups in total. The monoisotopic (exact) mass is 312 g/mol. The number of fused-ring (bicyclic) bond motifs is 1. The average Bonchev–Trinajstić information content (AvgIpc) is 2.76. The summed E-state index contributed by atoms with van der Waals surface area (Å²) in [6.07, 6.45) is 1.61. The number of halogens is 2. The van der Waals surface area contributed by atoms with Crippen LogP contribution >= 0.6 is 11.6 Å². The smallest absolute Gasteiger partial charge is 0.305 e. The van der Waals surface area contributed by atoms with Crippen LogP contribution in [0.5, 0.6) is 0 Å². The van der Waals surface area contributed by atoms with Crippen molar-refractivity contribution in [1.82, 2.24) is 9.55 Å². The van der Waals surface area contributed by atoms with Gasteiger partial charge in [-0.1, -0.05) is 0 Å². The number of hydrogen-bond donors (Lipinski definition) is 0. The fourth-order valence-electron chi connectivity index (χ4n) is 2.29. The third kappa shape index (κ3) is 3.94. The van der Waals surface area contributed by atoms with Crippen molar-refractivity contribution in [1.29, 1.82) is 0 Å². The minimum absolute atomic E-state index is 0.202. The van der Waals surface area contributed by atoms with Crippen LogP contribution in [0.15, 0.2) is 18.2 Å². The minimum atomic E-state index is -0.309. The first-order chi connectivity index (χ1) is 10.2. The van der Waals surface area contributed by atoms with Crippen molar-refractivity contribution in [2.75, 3.05) is 12.5 Å². The maximum absolute atomic E-state index is 13.3. The Kier molecular flexibility index (Phi) is 5.56. The Labute approximate surface area is 127 Å². The molecule has 0 aliphatic heterocycles. The molecule has 1 aromatic heterocycles. The van der Waals surface area contributed by atoms with Gasteiger partial charge in [0.25, 0.3) is 0 Å². The van der Waals surface area contributed by atoms with E-state index in [-0.39, 0.29) is 11.8 Å². The predicted octanol–water partition coefficient (Wildman–Crippen LogP) is 3.30. The molecule has 0 atom stereocenters. The second kappa shape index (κ2) is 7.41. The number of ether oxygens (including phenoxy) is 1. The van der Waals surface area contributed by atoms with E-state index in [0.29, 0.717) is 43.8 Å². The van der Waals surface area contributed by atoms with E-state index in [2.05, 4.69) is 4.98 Å². The zero-order chi connectivity index (χ0) is 15.2. The van der Waals surface area contributed by atoms with Gasteiger partial charge in [0, 0.05) is 31.3 Å². The molecular formula is C15H18ClFN2O2. The Hall–Kier alpha value is -1.62. The molecule has 4 nitrogen and oxygen atoms in total. The highest BCUT2D eigenvalue weighted by Gasteiger charge is 2.11. The van der Waals surface area contributed by atoms with E-state index in [0.717, 1.165) is 11.3 Å². The normalized spacial score (nSPS) is 11.0. The summed E-state index contributed by atoms with van der Waals surface area (Å²) >= 11 is 5.79. The molecule has 0 saturated carbocycles. The van der Waals surface area contributed by atoms with Gasteiger partial charge in [-0.25, -0.2) is 9.37 Å². The molecule has 0 saturated heterocycles. The lowest BCUT2D eigenvalue weighted by molar-refractivity contribution is -0.143. The highest BCUT2D eigenvalue weighted by atomic mass is 35.5. The summed E-state index contributed by atoms with van der Waals surface area (Å²) in [6, 6.07) is 4.53. The Bertz CT molecular complexity index is 627. The van der Waals surface area contributed by atoms with Gasteiger partial charge in [0.2, 0.25) is 0 Å². The van der Waals surface area contributed by atoms with E-state index in [9.17, 15) is 9.18 Å². The van der Waals surface area contributed by atoms with Crippen molar-refractivity contribution < 1.29 is 13.9 Å². The van der Waals surface area contributed by atoms with Crippen molar-refractivity contribution in [2.24, 2.45) is 0 Å². The SMILES string of the molecule is CCOC(=O)CCCn1c(CCCl)nc2cc(F)ccc21. The molecule has 0 radical (unpaired) electrons. The summed E-state index contributed by atoms with van der Waals surface area (Å²) in [6.45, 7) is 2.81. The molecule has 1 aromatic carbocycles. The van der Waals surface area contributed by atoms with Crippen LogP contribution in [-0.2, 0) is 22.5 Å². The molecule has 0 spiro atoms. The van der Waals surface area contributed by atoms with Gasteiger partial charge in [0.05, 0.1) is 17.6 Å². The Morgan fingerprint density at radius 3 is 3.00 bits per heavy atom. The highest BCUT2D eigenvalue weighted by Crippen LogP contribution is 2.19. The zero-order valence-electron chi connectivity index (χ0n) is 11.9. The molecule has 2 rings (SSSR count). The summed E-state index contributed by atoms with van der Waals surface area (Å²) in [4.78, 5) is 15.8. The summed E-state index contributed by atoms with van der Waals surface area (Å²) in [5, 5.41) is 0. The number of aromatic nitrogens is 2. The number of alkyl halides is 1. The van der Waals surface area contributed by atoms with Crippen molar-refractivity contribution in [2.45, 2.75) is 32.7 Å². The van der Waals surface area contributed by atoms with E-state index in [1.54, 1.807) is 13.0 Å². The summed E-state index contributed by atoms with van der Waals surface area (Å²) in [5.41, 5.74) is 1.48. The number of carbonyl (C=O) groups excluding carboxylic acids is 1. The number of imidazole rings is 1. The number of carbonyl (C=O) groups is 1. The topological polar surface area (TPSA) is 44.1 Å². The van der Waals surface area contributed by atoms with Crippen molar-refractivity contribution >= 4 is 28.6 Å². The third-order valence-corrected chi connectivity index (χ3v) is 3.36. The van der Waals surface area contributed by atoms with Gasteiger partial charge in [-0.2, -0.15) is 0 Å². The van der Waals surface area contributed by atoms with Gasteiger partial charge in [-0.05, 0) is 25.5 Å². The standard InChI is InChI=1S/C15H18ClFN2O2/c1-2-21-15(20)4-3-9-19-13-6-5-11(17)10-12(13)18-14(19)7-8-16/h5-6,10H,2-4,7-9H2,1H3. The first kappa shape index (κ1) is 15.8. The highest BCUT2D eigenvalue weighted by molar-refractivity contribution is 6.17. The lowest BCUT2D eigenvalue weighted by Gasteiger charge is -2.08. The van der Waals surface area contributed by atoms with Gasteiger partial charge >= 0.3 is 5.97 Å². The van der Waals surface area contributed by atoms with E-state index in [4.69, 9.17) is 16.3 Å². The minimum Gasteiger partial charge on any atom is -0.466 e. The molecule has 1 heterocycles. The number of rotatable bonds is 7. The molecule has 21 heavy (non-hydrogen) atoms. The number of benzene rings is 1.